The number of aromatic nitrogens is 1. The van der Waals surface area contributed by atoms with Crippen LogP contribution < -0.4 is 15.8 Å². The Morgan fingerprint density at radius 2 is 1.85 bits per heavy atom. The van der Waals surface area contributed by atoms with Crippen molar-refractivity contribution in [1.29, 1.82) is 0 Å². The fourth-order valence-electron chi connectivity index (χ4n) is 2.30. The van der Waals surface area contributed by atoms with Crippen molar-refractivity contribution in [3.05, 3.63) is 52.9 Å². The van der Waals surface area contributed by atoms with Gasteiger partial charge in [0.15, 0.2) is 5.69 Å². The first-order valence-corrected chi connectivity index (χ1v) is 9.48. The van der Waals surface area contributed by atoms with Crippen molar-refractivity contribution in [2.24, 2.45) is 16.1 Å². The average Bonchev–Trinajstić information content (AvgIpc) is 2.93. The maximum atomic E-state index is 12.5. The third-order valence-corrected chi connectivity index (χ3v) is 5.57. The van der Waals surface area contributed by atoms with E-state index in [4.69, 9.17) is 4.84 Å². The second-order valence-electron chi connectivity index (χ2n) is 6.00. The molecule has 1 aromatic heterocycles. The van der Waals surface area contributed by atoms with E-state index in [0.29, 0.717) is 5.69 Å². The highest BCUT2D eigenvalue weighted by molar-refractivity contribution is 7.89. The van der Waals surface area contributed by atoms with Gasteiger partial charge >= 0.3 is 0 Å². The first-order chi connectivity index (χ1) is 12.4. The zero-order valence-corrected chi connectivity index (χ0v) is 15.0. The van der Waals surface area contributed by atoms with Crippen molar-refractivity contribution in [3.63, 3.8) is 0 Å². The number of nitrogens with one attached hydrogen (secondary N) is 3. The van der Waals surface area contributed by atoms with Crippen LogP contribution in [0.3, 0.4) is 0 Å². The number of H-pyrrole nitrogens is 1. The van der Waals surface area contributed by atoms with E-state index in [1.807, 2.05) is 13.8 Å². The maximum absolute atomic E-state index is 12.5. The van der Waals surface area contributed by atoms with Crippen LogP contribution in [0, 0.1) is 5.92 Å². The van der Waals surface area contributed by atoms with Crippen molar-refractivity contribution in [2.45, 2.75) is 31.0 Å². The number of aromatic amines is 1. The fraction of sp³-hybridized carbons (Fsp3) is 0.312. The van der Waals surface area contributed by atoms with Crippen molar-refractivity contribution in [1.82, 2.24) is 15.2 Å². The zero-order valence-electron chi connectivity index (χ0n) is 14.2. The lowest BCUT2D eigenvalue weighted by molar-refractivity contribution is 0.0148. The van der Waals surface area contributed by atoms with Crippen LogP contribution in [0.5, 0.6) is 0 Å². The lowest BCUT2D eigenvalue weighted by Gasteiger charge is -2.16. The van der Waals surface area contributed by atoms with E-state index in [1.54, 1.807) is 6.07 Å². The number of hydrogen-bond acceptors (Lipinski definition) is 7. The highest BCUT2D eigenvalue weighted by atomic mass is 32.2. The molecule has 1 saturated heterocycles. The SMILES string of the molecule is C[C@H]1[C@H](C)NO[C@@H]1NS(=O)(=O)c1ccc(N=Nc2ccc[nH]c2=O)cc1. The van der Waals surface area contributed by atoms with Gasteiger partial charge in [-0.25, -0.2) is 8.42 Å². The number of hydrogen-bond donors (Lipinski definition) is 3. The molecule has 0 saturated carbocycles. The Morgan fingerprint density at radius 3 is 2.46 bits per heavy atom. The van der Waals surface area contributed by atoms with Crippen LogP contribution in [0.4, 0.5) is 11.4 Å². The minimum atomic E-state index is -3.73. The average molecular weight is 377 g/mol. The van der Waals surface area contributed by atoms with Gasteiger partial charge in [-0.15, -0.1) is 5.11 Å². The van der Waals surface area contributed by atoms with E-state index in [1.165, 1.54) is 36.5 Å². The van der Waals surface area contributed by atoms with E-state index >= 15 is 0 Å². The lowest BCUT2D eigenvalue weighted by atomic mass is 10.1. The van der Waals surface area contributed by atoms with Gasteiger partial charge in [-0.2, -0.15) is 15.3 Å². The highest BCUT2D eigenvalue weighted by Gasteiger charge is 2.34. The van der Waals surface area contributed by atoms with Crippen molar-refractivity contribution < 1.29 is 13.3 Å². The molecule has 26 heavy (non-hydrogen) atoms. The van der Waals surface area contributed by atoms with Crippen LogP contribution in [0.2, 0.25) is 0 Å². The van der Waals surface area contributed by atoms with E-state index in [2.05, 4.69) is 25.4 Å². The molecule has 0 spiro atoms. The largest absolute Gasteiger partial charge is 0.327 e. The molecular weight excluding hydrogens is 358 g/mol. The molecule has 9 nitrogen and oxygen atoms in total. The number of benzene rings is 1. The molecule has 3 atom stereocenters. The summed E-state index contributed by atoms with van der Waals surface area (Å²) in [6.07, 6.45) is 0.860. The normalized spacial score (nSPS) is 23.5. The molecule has 1 aliphatic rings. The second kappa shape index (κ2) is 7.46. The van der Waals surface area contributed by atoms with Crippen LogP contribution >= 0.6 is 0 Å². The third-order valence-electron chi connectivity index (χ3n) is 4.14. The molecule has 2 aromatic rings. The van der Waals surface area contributed by atoms with E-state index in [9.17, 15) is 13.2 Å². The lowest BCUT2D eigenvalue weighted by Crippen LogP contribution is -2.38. The number of sulfonamides is 1. The summed E-state index contributed by atoms with van der Waals surface area (Å²) in [5.74, 6) is -0.0122. The molecular formula is C16H19N5O4S. The fourth-order valence-corrected chi connectivity index (χ4v) is 3.50. The molecule has 0 unspecified atom stereocenters. The zero-order chi connectivity index (χ0) is 18.7. The number of nitrogens with zero attached hydrogens (tertiary/aromatic N) is 2. The van der Waals surface area contributed by atoms with Crippen LogP contribution in [0.1, 0.15) is 13.8 Å². The van der Waals surface area contributed by atoms with E-state index in [-0.39, 0.29) is 28.1 Å². The van der Waals surface area contributed by atoms with Gasteiger partial charge < -0.3 is 4.98 Å². The molecule has 0 aliphatic carbocycles. The Hall–Kier alpha value is -2.40. The summed E-state index contributed by atoms with van der Waals surface area (Å²) < 4.78 is 27.4. The molecule has 0 radical (unpaired) electrons. The smallest absolute Gasteiger partial charge is 0.275 e. The second-order valence-corrected chi connectivity index (χ2v) is 7.72. The Balaban J connectivity index is 1.72. The Bertz CT molecular complexity index is 955. The van der Waals surface area contributed by atoms with Crippen molar-refractivity contribution in [3.8, 4) is 0 Å². The molecule has 138 valence electrons. The number of pyridine rings is 1. The minimum Gasteiger partial charge on any atom is -0.327 e. The predicted molar refractivity (Wildman–Crippen MR) is 94.6 cm³/mol. The first-order valence-electron chi connectivity index (χ1n) is 8.00. The van der Waals surface area contributed by atoms with Crippen LogP contribution in [0.25, 0.3) is 0 Å². The summed E-state index contributed by atoms with van der Waals surface area (Å²) in [5.41, 5.74) is 2.99. The van der Waals surface area contributed by atoms with Crippen LogP contribution in [0.15, 0.2) is 62.5 Å². The Labute approximate surface area is 150 Å². The van der Waals surface area contributed by atoms with Gasteiger partial charge in [0.1, 0.15) is 6.23 Å². The van der Waals surface area contributed by atoms with Gasteiger partial charge in [0.05, 0.1) is 10.6 Å². The van der Waals surface area contributed by atoms with Gasteiger partial charge in [0.2, 0.25) is 10.0 Å². The van der Waals surface area contributed by atoms with E-state index in [0.717, 1.165) is 0 Å². The quantitative estimate of drug-likeness (QED) is 0.687. The highest BCUT2D eigenvalue weighted by Crippen LogP contribution is 2.21. The predicted octanol–water partition coefficient (Wildman–Crippen LogP) is 1.95. The molecule has 3 N–H and O–H groups in total. The van der Waals surface area contributed by atoms with Gasteiger partial charge in [-0.05, 0) is 43.3 Å². The monoisotopic (exact) mass is 377 g/mol. The third kappa shape index (κ3) is 4.05. The Kier molecular flexibility index (Phi) is 5.28. The topological polar surface area (TPSA) is 125 Å². The Morgan fingerprint density at radius 1 is 1.12 bits per heavy atom. The van der Waals surface area contributed by atoms with E-state index < -0.39 is 16.3 Å². The van der Waals surface area contributed by atoms with Gasteiger partial charge in [0.25, 0.3) is 5.56 Å². The molecule has 0 amide bonds. The standard InChI is InChI=1S/C16H19N5O4S/c1-10-11(2)20-25-16(10)21-26(23,24)13-7-5-12(6-8-13)18-19-14-4-3-9-17-15(14)22/h3-11,16,20-21H,1-2H3,(H,17,22)/t10-,11-,16-/m0/s1. The summed E-state index contributed by atoms with van der Waals surface area (Å²) in [6.45, 7) is 3.81. The summed E-state index contributed by atoms with van der Waals surface area (Å²) >= 11 is 0. The van der Waals surface area contributed by atoms with Gasteiger partial charge in [0, 0.05) is 18.2 Å². The van der Waals surface area contributed by atoms with Crippen LogP contribution in [-0.2, 0) is 14.9 Å². The molecule has 10 heteroatoms. The molecule has 2 heterocycles. The van der Waals surface area contributed by atoms with Crippen molar-refractivity contribution >= 4 is 21.4 Å². The van der Waals surface area contributed by atoms with Crippen molar-refractivity contribution in [2.75, 3.05) is 0 Å². The number of rotatable bonds is 5. The number of hydroxylamine groups is 1. The molecule has 1 fully saturated rings. The number of azo groups is 1. The first kappa shape index (κ1) is 18.4. The van der Waals surface area contributed by atoms with Gasteiger partial charge in [-0.1, -0.05) is 6.92 Å². The summed E-state index contributed by atoms with van der Waals surface area (Å²) in [5, 5.41) is 7.80. The minimum absolute atomic E-state index is 0.0122. The summed E-state index contributed by atoms with van der Waals surface area (Å²) in [4.78, 5) is 19.4. The summed E-state index contributed by atoms with van der Waals surface area (Å²) in [6, 6.07) is 9.07. The molecule has 1 aliphatic heterocycles. The maximum Gasteiger partial charge on any atom is 0.275 e. The molecule has 0 bridgehead atoms. The summed E-state index contributed by atoms with van der Waals surface area (Å²) in [7, 11) is -3.73. The van der Waals surface area contributed by atoms with Gasteiger partial charge in [-0.3, -0.25) is 9.63 Å². The molecule has 3 rings (SSSR count). The van der Waals surface area contributed by atoms with Crippen LogP contribution in [-0.4, -0.2) is 25.7 Å². The molecule has 1 aromatic carbocycles.